The highest BCUT2D eigenvalue weighted by Gasteiger charge is 2.43. The number of rotatable bonds is 5. The summed E-state index contributed by atoms with van der Waals surface area (Å²) in [5.74, 6) is 0. The number of fused-ring (bicyclic) bond motifs is 2. The van der Waals surface area contributed by atoms with Crippen molar-refractivity contribution >= 4 is 22.6 Å². The van der Waals surface area contributed by atoms with Crippen LogP contribution in [0.3, 0.4) is 0 Å². The summed E-state index contributed by atoms with van der Waals surface area (Å²) in [7, 11) is 0. The van der Waals surface area contributed by atoms with Gasteiger partial charge in [-0.05, 0) is 47.4 Å². The van der Waals surface area contributed by atoms with Crippen LogP contribution in [0.25, 0.3) is 39.0 Å². The minimum absolute atomic E-state index is 0.0331. The molecule has 0 amide bonds. The molecule has 180 valence electrons. The van der Waals surface area contributed by atoms with Gasteiger partial charge in [0.15, 0.2) is 6.10 Å². The molecule has 0 bridgehead atoms. The fourth-order valence-corrected chi connectivity index (χ4v) is 5.21. The average Bonchev–Trinajstić information content (AvgIpc) is 3.70. The lowest BCUT2D eigenvalue weighted by atomic mass is 10.00. The summed E-state index contributed by atoms with van der Waals surface area (Å²) in [5, 5.41) is 8.98. The molecule has 3 atom stereocenters. The number of aromatic amines is 1. The molecule has 0 saturated carbocycles. The predicted molar refractivity (Wildman–Crippen MR) is 135 cm³/mol. The largest absolute Gasteiger partial charge is 0.456 e. The van der Waals surface area contributed by atoms with Crippen molar-refractivity contribution in [2.75, 3.05) is 13.2 Å². The Balaban J connectivity index is 1.12. The molecule has 0 unspecified atom stereocenters. The normalized spacial score (nSPS) is 21.2. The van der Waals surface area contributed by atoms with E-state index < -0.39 is 0 Å². The molecule has 2 fully saturated rings. The summed E-state index contributed by atoms with van der Waals surface area (Å²) in [6.07, 6.45) is 4.16. The lowest BCUT2D eigenvalue weighted by Gasteiger charge is -2.15. The molecule has 2 aromatic heterocycles. The third-order valence-corrected chi connectivity index (χ3v) is 7.09. The van der Waals surface area contributed by atoms with Gasteiger partial charge >= 0.3 is 0 Å². The highest BCUT2D eigenvalue weighted by molar-refractivity contribution is 6.34. The van der Waals surface area contributed by atoms with E-state index in [1.807, 2.05) is 24.3 Å². The standard InChI is InChI=1S/C27H22ClN5O3/c28-21-14-23-22(31-27(32-23)36-25-15-35-24-9-12-34-26(24)25)13-20(21)18-3-1-16(2-4-18)17-5-7-19(8-6-17)33-29-10-11-30-33/h1-8,10-11,13-14,24-26H,9,12,15H2,(H,31,32)/t24-,25-,26+/m1/s1. The second-order valence-corrected chi connectivity index (χ2v) is 9.39. The molecule has 0 radical (unpaired) electrons. The maximum atomic E-state index is 6.67. The number of hydrogen-bond acceptors (Lipinski definition) is 6. The predicted octanol–water partition coefficient (Wildman–Crippen LogP) is 5.07. The Morgan fingerprint density at radius 2 is 1.64 bits per heavy atom. The monoisotopic (exact) mass is 499 g/mol. The minimum atomic E-state index is -0.162. The number of halogens is 1. The van der Waals surface area contributed by atoms with Gasteiger partial charge in [-0.1, -0.05) is 48.0 Å². The first-order valence-corrected chi connectivity index (χ1v) is 12.3. The maximum Gasteiger partial charge on any atom is 0.295 e. The molecule has 7 rings (SSSR count). The Morgan fingerprint density at radius 3 is 2.42 bits per heavy atom. The molecular formula is C27H22ClN5O3. The van der Waals surface area contributed by atoms with Gasteiger partial charge in [0.1, 0.15) is 6.10 Å². The van der Waals surface area contributed by atoms with Crippen molar-refractivity contribution in [2.24, 2.45) is 0 Å². The molecule has 3 aromatic carbocycles. The van der Waals surface area contributed by atoms with E-state index in [0.29, 0.717) is 24.2 Å². The van der Waals surface area contributed by atoms with Gasteiger partial charge in [-0.3, -0.25) is 0 Å². The van der Waals surface area contributed by atoms with Gasteiger partial charge in [0, 0.05) is 12.2 Å². The topological polar surface area (TPSA) is 87.1 Å². The van der Waals surface area contributed by atoms with Gasteiger partial charge in [0.2, 0.25) is 0 Å². The van der Waals surface area contributed by atoms with Crippen molar-refractivity contribution in [1.29, 1.82) is 0 Å². The molecular weight excluding hydrogens is 478 g/mol. The fourth-order valence-electron chi connectivity index (χ4n) is 4.94. The Bertz CT molecular complexity index is 1520. The summed E-state index contributed by atoms with van der Waals surface area (Å²) in [4.78, 5) is 9.47. The minimum Gasteiger partial charge on any atom is -0.456 e. The summed E-state index contributed by atoms with van der Waals surface area (Å²) in [5.41, 5.74) is 6.68. The Hall–Kier alpha value is -3.72. The zero-order chi connectivity index (χ0) is 24.1. The zero-order valence-corrected chi connectivity index (χ0v) is 19.9. The van der Waals surface area contributed by atoms with Crippen LogP contribution in [0.5, 0.6) is 6.01 Å². The molecule has 8 nitrogen and oxygen atoms in total. The van der Waals surface area contributed by atoms with Crippen LogP contribution < -0.4 is 4.74 Å². The third kappa shape index (κ3) is 3.83. The SMILES string of the molecule is Clc1cc2[nH]c(O[C@@H]3CO[C@@H]4CCO[C@@H]43)nc2cc1-c1ccc(-c2ccc(-n3nccn3)cc2)cc1. The van der Waals surface area contributed by atoms with Crippen LogP contribution in [0, 0.1) is 0 Å². The van der Waals surface area contributed by atoms with E-state index in [9.17, 15) is 0 Å². The van der Waals surface area contributed by atoms with Gasteiger partial charge < -0.3 is 19.2 Å². The number of nitrogens with one attached hydrogen (secondary N) is 1. The van der Waals surface area contributed by atoms with E-state index in [4.69, 9.17) is 25.8 Å². The molecule has 1 N–H and O–H groups in total. The molecule has 0 spiro atoms. The molecule has 0 aliphatic carbocycles. The van der Waals surface area contributed by atoms with Crippen molar-refractivity contribution in [3.63, 3.8) is 0 Å². The smallest absolute Gasteiger partial charge is 0.295 e. The summed E-state index contributed by atoms with van der Waals surface area (Å²) in [6.45, 7) is 1.22. The Kier molecular flexibility index (Phi) is 5.23. The number of H-pyrrole nitrogens is 1. The van der Waals surface area contributed by atoms with Gasteiger partial charge in [0.05, 0.1) is 46.8 Å². The van der Waals surface area contributed by atoms with Gasteiger partial charge in [-0.2, -0.15) is 20.0 Å². The zero-order valence-electron chi connectivity index (χ0n) is 19.2. The van der Waals surface area contributed by atoms with Crippen molar-refractivity contribution in [1.82, 2.24) is 25.0 Å². The molecule has 5 aromatic rings. The van der Waals surface area contributed by atoms with Crippen LogP contribution in [0.2, 0.25) is 5.02 Å². The second kappa shape index (κ2) is 8.74. The van der Waals surface area contributed by atoms with E-state index in [1.54, 1.807) is 17.2 Å². The Labute approximate surface area is 211 Å². The van der Waals surface area contributed by atoms with Crippen LogP contribution in [0.15, 0.2) is 73.1 Å². The van der Waals surface area contributed by atoms with Crippen molar-refractivity contribution in [2.45, 2.75) is 24.7 Å². The Morgan fingerprint density at radius 1 is 0.917 bits per heavy atom. The van der Waals surface area contributed by atoms with Gasteiger partial charge in [0.25, 0.3) is 6.01 Å². The van der Waals surface area contributed by atoms with E-state index in [2.05, 4.69) is 56.6 Å². The van der Waals surface area contributed by atoms with Crippen LogP contribution >= 0.6 is 11.6 Å². The second-order valence-electron chi connectivity index (χ2n) is 8.99. The third-order valence-electron chi connectivity index (χ3n) is 6.78. The van der Waals surface area contributed by atoms with E-state index in [0.717, 1.165) is 45.4 Å². The number of nitrogens with zero attached hydrogens (tertiary/aromatic N) is 4. The number of imidazole rings is 1. The quantitative estimate of drug-likeness (QED) is 0.363. The van der Waals surface area contributed by atoms with Crippen LogP contribution in [0.4, 0.5) is 0 Å². The van der Waals surface area contributed by atoms with Crippen molar-refractivity contribution in [3.8, 4) is 34.0 Å². The molecule has 36 heavy (non-hydrogen) atoms. The highest BCUT2D eigenvalue weighted by atomic mass is 35.5. The van der Waals surface area contributed by atoms with E-state index >= 15 is 0 Å². The summed E-state index contributed by atoms with van der Waals surface area (Å²) in [6, 6.07) is 20.8. The van der Waals surface area contributed by atoms with Crippen LogP contribution in [-0.2, 0) is 9.47 Å². The molecule has 2 aliphatic rings. The number of ether oxygens (including phenoxy) is 3. The molecule has 2 saturated heterocycles. The van der Waals surface area contributed by atoms with Crippen molar-refractivity contribution in [3.05, 3.63) is 78.1 Å². The first-order chi connectivity index (χ1) is 17.7. The molecule has 9 heteroatoms. The lowest BCUT2D eigenvalue weighted by Crippen LogP contribution is -2.32. The fraction of sp³-hybridized carbons (Fsp3) is 0.222. The number of hydrogen-bond donors (Lipinski definition) is 1. The van der Waals surface area contributed by atoms with Crippen LogP contribution in [-0.4, -0.2) is 56.5 Å². The first-order valence-electron chi connectivity index (χ1n) is 11.9. The van der Waals surface area contributed by atoms with E-state index in [1.165, 1.54) is 0 Å². The maximum absolute atomic E-state index is 6.67. The van der Waals surface area contributed by atoms with Crippen molar-refractivity contribution < 1.29 is 14.2 Å². The molecule has 4 heterocycles. The molecule has 2 aliphatic heterocycles. The highest BCUT2D eigenvalue weighted by Crippen LogP contribution is 2.35. The van der Waals surface area contributed by atoms with E-state index in [-0.39, 0.29) is 18.3 Å². The first kappa shape index (κ1) is 21.6. The van der Waals surface area contributed by atoms with Gasteiger partial charge in [-0.25, -0.2) is 0 Å². The lowest BCUT2D eigenvalue weighted by molar-refractivity contribution is 0.0273. The summed E-state index contributed by atoms with van der Waals surface area (Å²) >= 11 is 6.67. The van der Waals surface area contributed by atoms with Gasteiger partial charge in [-0.15, -0.1) is 0 Å². The number of benzene rings is 3. The van der Waals surface area contributed by atoms with Crippen LogP contribution in [0.1, 0.15) is 6.42 Å². The average molecular weight is 500 g/mol. The number of aromatic nitrogens is 5. The summed E-state index contributed by atoms with van der Waals surface area (Å²) < 4.78 is 17.6.